The lowest BCUT2D eigenvalue weighted by Crippen LogP contribution is -2.57. The maximum Gasteiger partial charge on any atom is 0.292 e. The summed E-state index contributed by atoms with van der Waals surface area (Å²) in [4.78, 5) is 15.0. The Morgan fingerprint density at radius 3 is 2.48 bits per heavy atom. The van der Waals surface area contributed by atoms with Crippen molar-refractivity contribution in [1.82, 2.24) is 14.7 Å². The Balaban J connectivity index is 1.74. The zero-order chi connectivity index (χ0) is 19.6. The lowest BCUT2D eigenvalue weighted by molar-refractivity contribution is -0.0933. The number of aromatic nitrogens is 2. The van der Waals surface area contributed by atoms with Crippen LogP contribution in [0, 0.1) is 0 Å². The van der Waals surface area contributed by atoms with Gasteiger partial charge in [0.25, 0.3) is 5.56 Å². The van der Waals surface area contributed by atoms with Gasteiger partial charge in [0.05, 0.1) is 29.8 Å². The molecule has 1 aliphatic heterocycles. The highest BCUT2D eigenvalue weighted by molar-refractivity contribution is 6.32. The van der Waals surface area contributed by atoms with Gasteiger partial charge in [-0.25, -0.2) is 0 Å². The third kappa shape index (κ3) is 4.51. The molecule has 1 N–H and O–H groups in total. The van der Waals surface area contributed by atoms with E-state index < -0.39 is 0 Å². The molecule has 1 aromatic carbocycles. The molecular weight excluding hydrogens is 364 g/mol. The van der Waals surface area contributed by atoms with Gasteiger partial charge in [-0.3, -0.25) is 9.69 Å². The fourth-order valence-corrected chi connectivity index (χ4v) is 3.60. The molecular formula is C20H27ClN4O2. The van der Waals surface area contributed by atoms with E-state index in [1.54, 1.807) is 6.20 Å². The number of anilines is 1. The molecule has 146 valence electrons. The van der Waals surface area contributed by atoms with Crippen molar-refractivity contribution in [1.29, 1.82) is 0 Å². The zero-order valence-electron chi connectivity index (χ0n) is 16.3. The van der Waals surface area contributed by atoms with Crippen LogP contribution in [-0.4, -0.2) is 52.1 Å². The zero-order valence-corrected chi connectivity index (χ0v) is 17.0. The Kier molecular flexibility index (Phi) is 5.89. The van der Waals surface area contributed by atoms with Crippen LogP contribution in [-0.2, 0) is 4.74 Å². The summed E-state index contributed by atoms with van der Waals surface area (Å²) in [7, 11) is 0. The fourth-order valence-electron chi connectivity index (χ4n) is 3.40. The van der Waals surface area contributed by atoms with Crippen LogP contribution in [0.4, 0.5) is 5.69 Å². The summed E-state index contributed by atoms with van der Waals surface area (Å²) in [5, 5.41) is 7.73. The number of hydrogen-bond donors (Lipinski definition) is 1. The number of para-hydroxylation sites is 1. The molecule has 3 rings (SSSR count). The Morgan fingerprint density at radius 1 is 1.22 bits per heavy atom. The predicted octanol–water partition coefficient (Wildman–Crippen LogP) is 3.19. The molecule has 0 amide bonds. The number of rotatable bonds is 5. The topological polar surface area (TPSA) is 59.4 Å². The van der Waals surface area contributed by atoms with Gasteiger partial charge in [0, 0.05) is 25.2 Å². The second-order valence-electron chi connectivity index (χ2n) is 7.75. The van der Waals surface area contributed by atoms with E-state index in [0.29, 0.717) is 17.9 Å². The molecule has 0 unspecified atom stereocenters. The van der Waals surface area contributed by atoms with E-state index in [0.717, 1.165) is 13.1 Å². The second-order valence-corrected chi connectivity index (χ2v) is 8.13. The van der Waals surface area contributed by atoms with Crippen molar-refractivity contribution in [3.8, 4) is 5.69 Å². The van der Waals surface area contributed by atoms with Gasteiger partial charge in [0.15, 0.2) is 0 Å². The molecule has 27 heavy (non-hydrogen) atoms. The van der Waals surface area contributed by atoms with Crippen molar-refractivity contribution in [3.63, 3.8) is 0 Å². The Bertz CT molecular complexity index is 828. The first-order valence-corrected chi connectivity index (χ1v) is 9.63. The van der Waals surface area contributed by atoms with Crippen molar-refractivity contribution >= 4 is 17.3 Å². The van der Waals surface area contributed by atoms with E-state index in [1.807, 2.05) is 30.3 Å². The maximum absolute atomic E-state index is 12.6. The standard InChI is InChI=1S/C20H27ClN4O2/c1-14-11-24(12-15(2)27-14)20(3,4)13-22-17-10-23-25(19(26)18(17)21)16-8-6-5-7-9-16/h5-10,14-15,22H,11-13H2,1-4H3/t14-,15-/m1/s1. The highest BCUT2D eigenvalue weighted by Crippen LogP contribution is 2.23. The average Bonchev–Trinajstić information content (AvgIpc) is 2.63. The van der Waals surface area contributed by atoms with Gasteiger partial charge in [0.1, 0.15) is 5.02 Å². The lowest BCUT2D eigenvalue weighted by Gasteiger charge is -2.45. The van der Waals surface area contributed by atoms with E-state index in [9.17, 15) is 4.79 Å². The van der Waals surface area contributed by atoms with Crippen molar-refractivity contribution in [2.75, 3.05) is 25.0 Å². The summed E-state index contributed by atoms with van der Waals surface area (Å²) in [6, 6.07) is 9.25. The number of morpholine rings is 1. The average molecular weight is 391 g/mol. The number of ether oxygens (including phenoxy) is 1. The number of halogens is 1. The summed E-state index contributed by atoms with van der Waals surface area (Å²) in [6.45, 7) is 10.9. The van der Waals surface area contributed by atoms with E-state index >= 15 is 0 Å². The van der Waals surface area contributed by atoms with E-state index in [1.165, 1.54) is 4.68 Å². The Morgan fingerprint density at radius 2 is 1.85 bits per heavy atom. The number of nitrogens with one attached hydrogen (secondary N) is 1. The first-order valence-electron chi connectivity index (χ1n) is 9.25. The molecule has 0 bridgehead atoms. The van der Waals surface area contributed by atoms with Crippen molar-refractivity contribution in [3.05, 3.63) is 51.9 Å². The molecule has 6 nitrogen and oxygen atoms in total. The summed E-state index contributed by atoms with van der Waals surface area (Å²) in [6.07, 6.45) is 2.01. The smallest absolute Gasteiger partial charge is 0.292 e. The van der Waals surface area contributed by atoms with Crippen LogP contribution in [0.1, 0.15) is 27.7 Å². The first-order chi connectivity index (χ1) is 12.8. The minimum absolute atomic E-state index is 0.121. The van der Waals surface area contributed by atoms with Gasteiger partial charge in [-0.05, 0) is 39.8 Å². The van der Waals surface area contributed by atoms with Gasteiger partial charge in [-0.2, -0.15) is 9.78 Å². The van der Waals surface area contributed by atoms with Crippen LogP contribution in [0.25, 0.3) is 5.69 Å². The van der Waals surface area contributed by atoms with Crippen molar-refractivity contribution < 1.29 is 4.74 Å². The van der Waals surface area contributed by atoms with Crippen LogP contribution >= 0.6 is 11.6 Å². The fraction of sp³-hybridized carbons (Fsp3) is 0.500. The van der Waals surface area contributed by atoms with Gasteiger partial charge >= 0.3 is 0 Å². The lowest BCUT2D eigenvalue weighted by atomic mass is 10.00. The highest BCUT2D eigenvalue weighted by atomic mass is 35.5. The highest BCUT2D eigenvalue weighted by Gasteiger charge is 2.33. The van der Waals surface area contributed by atoms with E-state index in [4.69, 9.17) is 16.3 Å². The van der Waals surface area contributed by atoms with Crippen molar-refractivity contribution in [2.24, 2.45) is 0 Å². The van der Waals surface area contributed by atoms with Crippen LogP contribution in [0.3, 0.4) is 0 Å². The third-order valence-electron chi connectivity index (χ3n) is 4.91. The normalized spacial score (nSPS) is 21.2. The van der Waals surface area contributed by atoms with Crippen LogP contribution < -0.4 is 10.9 Å². The summed E-state index contributed by atoms with van der Waals surface area (Å²) >= 11 is 6.34. The SMILES string of the molecule is C[C@@H]1CN(C(C)(C)CNc2cnn(-c3ccccc3)c(=O)c2Cl)C[C@@H](C)O1. The molecule has 0 spiro atoms. The van der Waals surface area contributed by atoms with E-state index in [-0.39, 0.29) is 28.3 Å². The monoisotopic (exact) mass is 390 g/mol. The minimum atomic E-state index is -0.334. The van der Waals surface area contributed by atoms with Crippen LogP contribution in [0.2, 0.25) is 5.02 Å². The summed E-state index contributed by atoms with van der Waals surface area (Å²) in [5.41, 5.74) is 0.785. The molecule has 1 aromatic heterocycles. The largest absolute Gasteiger partial charge is 0.381 e. The molecule has 2 aromatic rings. The predicted molar refractivity (Wildman–Crippen MR) is 109 cm³/mol. The number of hydrogen-bond acceptors (Lipinski definition) is 5. The van der Waals surface area contributed by atoms with Gasteiger partial charge < -0.3 is 10.1 Å². The van der Waals surface area contributed by atoms with Gasteiger partial charge in [-0.1, -0.05) is 29.8 Å². The molecule has 1 aliphatic rings. The molecule has 2 heterocycles. The molecule has 0 saturated carbocycles. The Hall–Kier alpha value is -1.89. The second kappa shape index (κ2) is 8.00. The summed E-state index contributed by atoms with van der Waals surface area (Å²) < 4.78 is 7.14. The van der Waals surface area contributed by atoms with Crippen LogP contribution in [0.15, 0.2) is 41.3 Å². The van der Waals surface area contributed by atoms with Gasteiger partial charge in [0.2, 0.25) is 0 Å². The van der Waals surface area contributed by atoms with E-state index in [2.05, 4.69) is 43.0 Å². The number of benzene rings is 1. The quantitative estimate of drug-likeness (QED) is 0.849. The van der Waals surface area contributed by atoms with Gasteiger partial charge in [-0.15, -0.1) is 0 Å². The van der Waals surface area contributed by atoms with Crippen molar-refractivity contribution in [2.45, 2.75) is 45.4 Å². The minimum Gasteiger partial charge on any atom is -0.381 e. The molecule has 0 radical (unpaired) electrons. The molecule has 7 heteroatoms. The maximum atomic E-state index is 12.6. The molecule has 0 aliphatic carbocycles. The molecule has 1 saturated heterocycles. The first kappa shape index (κ1) is 19.9. The Labute approximate surface area is 165 Å². The molecule has 1 fully saturated rings. The molecule has 2 atom stereocenters. The third-order valence-corrected chi connectivity index (χ3v) is 5.27. The summed E-state index contributed by atoms with van der Waals surface area (Å²) in [5.74, 6) is 0. The number of nitrogens with zero attached hydrogens (tertiary/aromatic N) is 3. The van der Waals surface area contributed by atoms with Crippen LogP contribution in [0.5, 0.6) is 0 Å².